The fourth-order valence-corrected chi connectivity index (χ4v) is 2.99. The van der Waals surface area contributed by atoms with Crippen LogP contribution >= 0.6 is 0 Å². The molecule has 3 rings (SSSR count). The molecule has 0 aliphatic carbocycles. The van der Waals surface area contributed by atoms with Crippen molar-refractivity contribution in [3.63, 3.8) is 0 Å². The van der Waals surface area contributed by atoms with Crippen LogP contribution in [0.15, 0.2) is 36.9 Å². The first-order valence-corrected chi connectivity index (χ1v) is 8.02. The summed E-state index contributed by atoms with van der Waals surface area (Å²) in [5, 5.41) is 3.17. The van der Waals surface area contributed by atoms with Crippen molar-refractivity contribution < 1.29 is 4.74 Å². The third-order valence-corrected chi connectivity index (χ3v) is 4.08. The Balaban J connectivity index is 1.65. The number of ether oxygens (including phenoxy) is 1. The molecule has 2 aromatic rings. The fraction of sp³-hybridized carbons (Fsp3) is 0.471. The summed E-state index contributed by atoms with van der Waals surface area (Å²) in [6.45, 7) is 4.38. The van der Waals surface area contributed by atoms with E-state index in [0.29, 0.717) is 5.92 Å². The molecule has 2 aromatic heterocycles. The maximum atomic E-state index is 5.79. The molecular formula is C17H23N5O. The second kappa shape index (κ2) is 7.99. The molecule has 122 valence electrons. The van der Waals surface area contributed by atoms with Crippen LogP contribution in [0.1, 0.15) is 11.3 Å². The minimum atomic E-state index is 0.446. The van der Waals surface area contributed by atoms with Gasteiger partial charge in [-0.05, 0) is 18.6 Å². The lowest BCUT2D eigenvalue weighted by Crippen LogP contribution is -2.31. The van der Waals surface area contributed by atoms with Gasteiger partial charge in [-0.1, -0.05) is 6.07 Å². The molecule has 0 bridgehead atoms. The Kier molecular flexibility index (Phi) is 5.50. The van der Waals surface area contributed by atoms with E-state index >= 15 is 0 Å². The monoisotopic (exact) mass is 313 g/mol. The van der Waals surface area contributed by atoms with E-state index in [1.807, 2.05) is 25.4 Å². The van der Waals surface area contributed by atoms with Crippen LogP contribution in [0.25, 0.3) is 0 Å². The van der Waals surface area contributed by atoms with Gasteiger partial charge in [0, 0.05) is 56.3 Å². The Morgan fingerprint density at radius 1 is 1.30 bits per heavy atom. The van der Waals surface area contributed by atoms with Crippen molar-refractivity contribution >= 4 is 5.82 Å². The highest BCUT2D eigenvalue weighted by atomic mass is 16.5. The SMILES string of the molecule is CNc1ncccc1CN1CCOC[C@@H](Cc2ccncn2)C1. The second-order valence-corrected chi connectivity index (χ2v) is 5.84. The number of nitrogens with zero attached hydrogens (tertiary/aromatic N) is 4. The van der Waals surface area contributed by atoms with Gasteiger partial charge < -0.3 is 10.1 Å². The zero-order valence-electron chi connectivity index (χ0n) is 13.5. The van der Waals surface area contributed by atoms with Gasteiger partial charge in [-0.15, -0.1) is 0 Å². The van der Waals surface area contributed by atoms with E-state index in [-0.39, 0.29) is 0 Å². The number of hydrogen-bond acceptors (Lipinski definition) is 6. The summed E-state index contributed by atoms with van der Waals surface area (Å²) >= 11 is 0. The van der Waals surface area contributed by atoms with Gasteiger partial charge in [-0.25, -0.2) is 15.0 Å². The quantitative estimate of drug-likeness (QED) is 0.905. The number of aromatic nitrogens is 3. The molecule has 3 heterocycles. The maximum Gasteiger partial charge on any atom is 0.130 e. The first-order chi connectivity index (χ1) is 11.3. The van der Waals surface area contributed by atoms with Crippen molar-refractivity contribution in [3.8, 4) is 0 Å². The Bertz CT molecular complexity index is 607. The first-order valence-electron chi connectivity index (χ1n) is 8.02. The van der Waals surface area contributed by atoms with Crippen molar-refractivity contribution in [2.45, 2.75) is 13.0 Å². The lowest BCUT2D eigenvalue weighted by molar-refractivity contribution is 0.121. The minimum Gasteiger partial charge on any atom is -0.380 e. The van der Waals surface area contributed by atoms with Crippen molar-refractivity contribution in [1.82, 2.24) is 19.9 Å². The van der Waals surface area contributed by atoms with Gasteiger partial charge in [0.1, 0.15) is 12.1 Å². The molecule has 0 unspecified atom stereocenters. The number of pyridine rings is 1. The average molecular weight is 313 g/mol. The largest absolute Gasteiger partial charge is 0.380 e. The Morgan fingerprint density at radius 3 is 3.09 bits per heavy atom. The molecule has 1 N–H and O–H groups in total. The third kappa shape index (κ3) is 4.46. The van der Waals surface area contributed by atoms with Gasteiger partial charge in [-0.2, -0.15) is 0 Å². The molecule has 1 aliphatic heterocycles. The van der Waals surface area contributed by atoms with Crippen molar-refractivity contribution in [2.24, 2.45) is 5.92 Å². The summed E-state index contributed by atoms with van der Waals surface area (Å²) in [6, 6.07) is 6.10. The standard InChI is InChI=1S/C17H23N5O/c1-18-17-15(3-2-5-20-17)11-22-7-8-23-12-14(10-22)9-16-4-6-19-13-21-16/h2-6,13-14H,7-12H2,1H3,(H,18,20)/t14-/m0/s1. The molecule has 1 saturated heterocycles. The Labute approximate surface area is 136 Å². The molecule has 0 saturated carbocycles. The van der Waals surface area contributed by atoms with E-state index in [1.54, 1.807) is 12.5 Å². The summed E-state index contributed by atoms with van der Waals surface area (Å²) in [4.78, 5) is 15.1. The molecule has 0 aromatic carbocycles. The lowest BCUT2D eigenvalue weighted by Gasteiger charge is -2.24. The van der Waals surface area contributed by atoms with Gasteiger partial charge in [-0.3, -0.25) is 4.90 Å². The number of nitrogens with one attached hydrogen (secondary N) is 1. The summed E-state index contributed by atoms with van der Waals surface area (Å²) in [5.74, 6) is 1.40. The minimum absolute atomic E-state index is 0.446. The van der Waals surface area contributed by atoms with Crippen molar-refractivity contribution in [3.05, 3.63) is 48.2 Å². The highest BCUT2D eigenvalue weighted by Gasteiger charge is 2.20. The van der Waals surface area contributed by atoms with Crippen LogP contribution in [0.2, 0.25) is 0 Å². The van der Waals surface area contributed by atoms with E-state index in [0.717, 1.165) is 50.8 Å². The van der Waals surface area contributed by atoms with Gasteiger partial charge in [0.2, 0.25) is 0 Å². The van der Waals surface area contributed by atoms with Gasteiger partial charge in [0.05, 0.1) is 13.2 Å². The predicted molar refractivity (Wildman–Crippen MR) is 89.1 cm³/mol. The normalized spacial score (nSPS) is 19.3. The molecular weight excluding hydrogens is 290 g/mol. The second-order valence-electron chi connectivity index (χ2n) is 5.84. The van der Waals surface area contributed by atoms with Gasteiger partial charge in [0.15, 0.2) is 0 Å². The smallest absolute Gasteiger partial charge is 0.130 e. The fourth-order valence-electron chi connectivity index (χ4n) is 2.99. The van der Waals surface area contributed by atoms with E-state index in [2.05, 4.69) is 31.2 Å². The van der Waals surface area contributed by atoms with E-state index in [9.17, 15) is 0 Å². The number of anilines is 1. The summed E-state index contributed by atoms with van der Waals surface area (Å²) in [5.41, 5.74) is 2.30. The molecule has 1 atom stereocenters. The summed E-state index contributed by atoms with van der Waals surface area (Å²) < 4.78 is 5.79. The van der Waals surface area contributed by atoms with E-state index in [1.165, 1.54) is 5.56 Å². The van der Waals surface area contributed by atoms with Crippen LogP contribution in [-0.2, 0) is 17.7 Å². The van der Waals surface area contributed by atoms with Crippen molar-refractivity contribution in [1.29, 1.82) is 0 Å². The molecule has 0 spiro atoms. The summed E-state index contributed by atoms with van der Waals surface area (Å²) in [6.07, 6.45) is 6.15. The van der Waals surface area contributed by atoms with Crippen LogP contribution in [0.5, 0.6) is 0 Å². The van der Waals surface area contributed by atoms with E-state index in [4.69, 9.17) is 4.74 Å². The molecule has 0 amide bonds. The predicted octanol–water partition coefficient (Wildman–Crippen LogP) is 1.60. The van der Waals surface area contributed by atoms with Gasteiger partial charge >= 0.3 is 0 Å². The molecule has 6 nitrogen and oxygen atoms in total. The van der Waals surface area contributed by atoms with Crippen LogP contribution in [0.3, 0.4) is 0 Å². The molecule has 23 heavy (non-hydrogen) atoms. The van der Waals surface area contributed by atoms with Crippen LogP contribution < -0.4 is 5.32 Å². The molecule has 6 heteroatoms. The lowest BCUT2D eigenvalue weighted by atomic mass is 10.0. The number of rotatable bonds is 5. The highest BCUT2D eigenvalue weighted by Crippen LogP contribution is 2.18. The molecule has 0 radical (unpaired) electrons. The molecule has 1 aliphatic rings. The third-order valence-electron chi connectivity index (χ3n) is 4.08. The maximum absolute atomic E-state index is 5.79. The molecule has 1 fully saturated rings. The zero-order chi connectivity index (χ0) is 15.9. The zero-order valence-corrected chi connectivity index (χ0v) is 13.5. The number of hydrogen-bond donors (Lipinski definition) is 1. The van der Waals surface area contributed by atoms with Crippen LogP contribution in [0, 0.1) is 5.92 Å². The average Bonchev–Trinajstić information content (AvgIpc) is 2.81. The van der Waals surface area contributed by atoms with Crippen molar-refractivity contribution in [2.75, 3.05) is 38.7 Å². The Hall–Kier alpha value is -2.05. The highest BCUT2D eigenvalue weighted by molar-refractivity contribution is 5.42. The van der Waals surface area contributed by atoms with E-state index < -0.39 is 0 Å². The summed E-state index contributed by atoms with van der Waals surface area (Å²) in [7, 11) is 1.91. The van der Waals surface area contributed by atoms with Gasteiger partial charge in [0.25, 0.3) is 0 Å². The van der Waals surface area contributed by atoms with Crippen LogP contribution in [0.4, 0.5) is 5.82 Å². The topological polar surface area (TPSA) is 63.2 Å². The first kappa shape index (κ1) is 15.8. The Morgan fingerprint density at radius 2 is 2.26 bits per heavy atom. The van der Waals surface area contributed by atoms with Crippen LogP contribution in [-0.4, -0.2) is 53.2 Å².